The lowest BCUT2D eigenvalue weighted by Crippen LogP contribution is -2.05. The van der Waals surface area contributed by atoms with Crippen LogP contribution in [0.1, 0.15) is 11.3 Å². The van der Waals surface area contributed by atoms with Gasteiger partial charge < -0.3 is 5.73 Å². The summed E-state index contributed by atoms with van der Waals surface area (Å²) in [6.07, 6.45) is 1.75. The first-order chi connectivity index (χ1) is 7.61. The molecule has 0 aliphatic carbocycles. The molecule has 0 unspecified atom stereocenters. The third kappa shape index (κ3) is 2.07. The lowest BCUT2D eigenvalue weighted by molar-refractivity contribution is 0.844. The number of hydrogen-bond donors (Lipinski definition) is 1. The second kappa shape index (κ2) is 4.45. The van der Waals surface area contributed by atoms with Gasteiger partial charge in [-0.05, 0) is 24.6 Å². The molecule has 0 fully saturated rings. The maximum absolute atomic E-state index is 5.97. The van der Waals surface area contributed by atoms with E-state index in [9.17, 15) is 0 Å². The number of nitrogens with two attached hydrogens (primary N) is 1. The van der Waals surface area contributed by atoms with E-state index in [1.807, 2.05) is 25.1 Å². The summed E-state index contributed by atoms with van der Waals surface area (Å²) in [7, 11) is 0. The highest BCUT2D eigenvalue weighted by Crippen LogP contribution is 2.22. The first-order valence-electron chi connectivity index (χ1n) is 4.82. The van der Waals surface area contributed by atoms with E-state index in [4.69, 9.17) is 28.9 Å². The van der Waals surface area contributed by atoms with Crippen molar-refractivity contribution in [3.63, 3.8) is 0 Å². The SMILES string of the molecule is Cc1nn(-c2cc(Cl)ccc2CN)cc1Cl. The molecule has 0 saturated heterocycles. The van der Waals surface area contributed by atoms with Crippen molar-refractivity contribution in [2.75, 3.05) is 0 Å². The van der Waals surface area contributed by atoms with Crippen LogP contribution in [0.5, 0.6) is 0 Å². The summed E-state index contributed by atoms with van der Waals surface area (Å²) in [6.45, 7) is 2.29. The summed E-state index contributed by atoms with van der Waals surface area (Å²) in [5.41, 5.74) is 8.29. The lowest BCUT2D eigenvalue weighted by atomic mass is 10.2. The molecule has 2 N–H and O–H groups in total. The van der Waals surface area contributed by atoms with Crippen molar-refractivity contribution in [1.82, 2.24) is 9.78 Å². The number of hydrogen-bond acceptors (Lipinski definition) is 2. The van der Waals surface area contributed by atoms with Gasteiger partial charge in [0.15, 0.2) is 0 Å². The Morgan fingerprint density at radius 1 is 1.38 bits per heavy atom. The van der Waals surface area contributed by atoms with Crippen molar-refractivity contribution in [2.45, 2.75) is 13.5 Å². The van der Waals surface area contributed by atoms with Crippen LogP contribution in [-0.2, 0) is 6.54 Å². The minimum absolute atomic E-state index is 0.434. The molecule has 1 heterocycles. The smallest absolute Gasteiger partial charge is 0.0819 e. The van der Waals surface area contributed by atoms with Crippen molar-refractivity contribution < 1.29 is 0 Å². The topological polar surface area (TPSA) is 43.8 Å². The average Bonchev–Trinajstić information content (AvgIpc) is 2.59. The summed E-state index contributed by atoms with van der Waals surface area (Å²) < 4.78 is 1.70. The van der Waals surface area contributed by atoms with Gasteiger partial charge in [-0.2, -0.15) is 5.10 Å². The number of rotatable bonds is 2. The van der Waals surface area contributed by atoms with Gasteiger partial charge >= 0.3 is 0 Å². The number of aryl methyl sites for hydroxylation is 1. The Kier molecular flexibility index (Phi) is 3.19. The summed E-state index contributed by atoms with van der Waals surface area (Å²) in [4.78, 5) is 0. The fourth-order valence-corrected chi connectivity index (χ4v) is 1.78. The molecular formula is C11H11Cl2N3. The Morgan fingerprint density at radius 3 is 2.69 bits per heavy atom. The minimum Gasteiger partial charge on any atom is -0.326 e. The molecule has 0 bridgehead atoms. The van der Waals surface area contributed by atoms with E-state index < -0.39 is 0 Å². The maximum atomic E-state index is 5.97. The highest BCUT2D eigenvalue weighted by atomic mass is 35.5. The van der Waals surface area contributed by atoms with Gasteiger partial charge in [0.1, 0.15) is 0 Å². The second-order valence-corrected chi connectivity index (χ2v) is 4.33. The summed E-state index contributed by atoms with van der Waals surface area (Å²) in [6, 6.07) is 5.53. The van der Waals surface area contributed by atoms with Crippen molar-refractivity contribution >= 4 is 23.2 Å². The molecule has 0 radical (unpaired) electrons. The fraction of sp³-hybridized carbons (Fsp3) is 0.182. The lowest BCUT2D eigenvalue weighted by Gasteiger charge is -2.07. The highest BCUT2D eigenvalue weighted by molar-refractivity contribution is 6.31. The molecule has 5 heteroatoms. The average molecular weight is 256 g/mol. The van der Waals surface area contributed by atoms with E-state index in [0.29, 0.717) is 16.6 Å². The zero-order chi connectivity index (χ0) is 11.7. The van der Waals surface area contributed by atoms with E-state index >= 15 is 0 Å². The molecule has 0 aliphatic rings. The number of halogens is 2. The Hall–Kier alpha value is -1.03. The maximum Gasteiger partial charge on any atom is 0.0819 e. The van der Waals surface area contributed by atoms with Crippen LogP contribution in [-0.4, -0.2) is 9.78 Å². The quantitative estimate of drug-likeness (QED) is 0.897. The molecule has 0 spiro atoms. The molecule has 1 aromatic heterocycles. The van der Waals surface area contributed by atoms with Crippen LogP contribution < -0.4 is 5.73 Å². The molecule has 84 valence electrons. The molecule has 0 atom stereocenters. The molecular weight excluding hydrogens is 245 g/mol. The second-order valence-electron chi connectivity index (χ2n) is 3.48. The summed E-state index contributed by atoms with van der Waals surface area (Å²) in [5.74, 6) is 0. The van der Waals surface area contributed by atoms with Crippen molar-refractivity contribution in [2.24, 2.45) is 5.73 Å². The van der Waals surface area contributed by atoms with Gasteiger partial charge in [-0.25, -0.2) is 4.68 Å². The van der Waals surface area contributed by atoms with Gasteiger partial charge in [0.05, 0.1) is 16.4 Å². The first kappa shape index (κ1) is 11.5. The van der Waals surface area contributed by atoms with Gasteiger partial charge in [0.25, 0.3) is 0 Å². The van der Waals surface area contributed by atoms with Gasteiger partial charge in [0, 0.05) is 17.8 Å². The van der Waals surface area contributed by atoms with E-state index in [2.05, 4.69) is 5.10 Å². The van der Waals surface area contributed by atoms with Crippen LogP contribution in [0.15, 0.2) is 24.4 Å². The van der Waals surface area contributed by atoms with Gasteiger partial charge in [0.2, 0.25) is 0 Å². The highest BCUT2D eigenvalue weighted by Gasteiger charge is 2.08. The molecule has 0 aliphatic heterocycles. The summed E-state index contributed by atoms with van der Waals surface area (Å²) in [5, 5.41) is 5.58. The van der Waals surface area contributed by atoms with E-state index in [0.717, 1.165) is 16.9 Å². The standard InChI is InChI=1S/C11H11Cl2N3/c1-7-10(13)6-16(15-7)11-4-9(12)3-2-8(11)5-14/h2-4,6H,5,14H2,1H3. The van der Waals surface area contributed by atoms with Crippen LogP contribution in [0.2, 0.25) is 10.0 Å². The van der Waals surface area contributed by atoms with E-state index in [1.54, 1.807) is 10.9 Å². The molecule has 0 amide bonds. The molecule has 1 aromatic carbocycles. The predicted octanol–water partition coefficient (Wildman–Crippen LogP) is 2.95. The molecule has 3 nitrogen and oxygen atoms in total. The number of benzene rings is 1. The first-order valence-corrected chi connectivity index (χ1v) is 5.58. The van der Waals surface area contributed by atoms with Gasteiger partial charge in [-0.3, -0.25) is 0 Å². The van der Waals surface area contributed by atoms with Crippen LogP contribution in [0.25, 0.3) is 5.69 Å². The van der Waals surface area contributed by atoms with Crippen LogP contribution in [0.4, 0.5) is 0 Å². The van der Waals surface area contributed by atoms with E-state index in [-0.39, 0.29) is 0 Å². The van der Waals surface area contributed by atoms with Crippen LogP contribution in [0, 0.1) is 6.92 Å². The Labute approximate surface area is 104 Å². The van der Waals surface area contributed by atoms with Crippen LogP contribution >= 0.6 is 23.2 Å². The molecule has 16 heavy (non-hydrogen) atoms. The monoisotopic (exact) mass is 255 g/mol. The third-order valence-corrected chi connectivity index (χ3v) is 2.96. The van der Waals surface area contributed by atoms with E-state index in [1.165, 1.54) is 0 Å². The molecule has 0 saturated carbocycles. The normalized spacial score (nSPS) is 10.8. The molecule has 2 rings (SSSR count). The number of nitrogens with zero attached hydrogens (tertiary/aromatic N) is 2. The summed E-state index contributed by atoms with van der Waals surface area (Å²) >= 11 is 11.9. The van der Waals surface area contributed by atoms with Gasteiger partial charge in [-0.15, -0.1) is 0 Å². The largest absolute Gasteiger partial charge is 0.326 e. The van der Waals surface area contributed by atoms with Crippen molar-refractivity contribution in [1.29, 1.82) is 0 Å². The molecule has 2 aromatic rings. The third-order valence-electron chi connectivity index (χ3n) is 2.35. The van der Waals surface area contributed by atoms with Crippen molar-refractivity contribution in [3.05, 3.63) is 45.7 Å². The number of aromatic nitrogens is 2. The minimum atomic E-state index is 0.434. The Bertz CT molecular complexity index is 500. The fourth-order valence-electron chi connectivity index (χ4n) is 1.49. The zero-order valence-corrected chi connectivity index (χ0v) is 10.3. The Balaban J connectivity index is 2.57. The predicted molar refractivity (Wildman–Crippen MR) is 66.2 cm³/mol. The zero-order valence-electron chi connectivity index (χ0n) is 8.74. The van der Waals surface area contributed by atoms with Gasteiger partial charge in [-0.1, -0.05) is 29.3 Å². The van der Waals surface area contributed by atoms with Crippen molar-refractivity contribution in [3.8, 4) is 5.69 Å². The Morgan fingerprint density at radius 2 is 2.12 bits per heavy atom. The van der Waals surface area contributed by atoms with Crippen LogP contribution in [0.3, 0.4) is 0 Å².